The van der Waals surface area contributed by atoms with E-state index in [-0.39, 0.29) is 5.91 Å². The van der Waals surface area contributed by atoms with Gasteiger partial charge in [0.05, 0.1) is 11.6 Å². The summed E-state index contributed by atoms with van der Waals surface area (Å²) in [5.41, 5.74) is 2.25. The molecule has 0 saturated carbocycles. The van der Waals surface area contributed by atoms with Crippen LogP contribution in [0.2, 0.25) is 0 Å². The molecule has 1 aliphatic heterocycles. The number of fused-ring (bicyclic) bond motifs is 1. The normalized spacial score (nSPS) is 16.5. The largest absolute Gasteiger partial charge is 0.488 e. The van der Waals surface area contributed by atoms with Gasteiger partial charge in [-0.1, -0.05) is 42.5 Å². The monoisotopic (exact) mass is 278 g/mol. The van der Waals surface area contributed by atoms with Gasteiger partial charge in [-0.25, -0.2) is 0 Å². The van der Waals surface area contributed by atoms with E-state index in [1.165, 1.54) is 4.90 Å². The first kappa shape index (κ1) is 13.2. The fourth-order valence-corrected chi connectivity index (χ4v) is 2.52. The summed E-state index contributed by atoms with van der Waals surface area (Å²) in [6.45, 7) is 0.394. The van der Waals surface area contributed by atoms with Gasteiger partial charge in [-0.05, 0) is 11.6 Å². The molecule has 0 radical (unpaired) electrons. The van der Waals surface area contributed by atoms with Crippen LogP contribution in [0.15, 0.2) is 48.5 Å². The van der Waals surface area contributed by atoms with Crippen molar-refractivity contribution in [1.29, 1.82) is 5.26 Å². The molecule has 0 aliphatic carbocycles. The van der Waals surface area contributed by atoms with Gasteiger partial charge in [0.2, 0.25) is 0 Å². The molecule has 2 aromatic carbocycles. The highest BCUT2D eigenvalue weighted by atomic mass is 16.5. The van der Waals surface area contributed by atoms with Crippen LogP contribution in [0.1, 0.15) is 27.5 Å². The zero-order valence-electron chi connectivity index (χ0n) is 11.6. The van der Waals surface area contributed by atoms with Crippen molar-refractivity contribution in [2.75, 3.05) is 7.05 Å². The summed E-state index contributed by atoms with van der Waals surface area (Å²) in [6, 6.07) is 16.8. The van der Waals surface area contributed by atoms with Gasteiger partial charge in [0.25, 0.3) is 5.91 Å². The highest BCUT2D eigenvalue weighted by Gasteiger charge is 2.36. The molecule has 104 valence electrons. The number of rotatable bonds is 3. The van der Waals surface area contributed by atoms with Crippen molar-refractivity contribution in [3.05, 3.63) is 65.2 Å². The molecule has 0 N–H and O–H groups in total. The van der Waals surface area contributed by atoms with Crippen molar-refractivity contribution in [2.45, 2.75) is 12.6 Å². The fraction of sp³-hybridized carbons (Fsp3) is 0.176. The number of hydrogen-bond donors (Lipinski definition) is 0. The molecule has 4 heteroatoms. The van der Waals surface area contributed by atoms with Gasteiger partial charge < -0.3 is 9.64 Å². The Hall–Kier alpha value is -2.80. The van der Waals surface area contributed by atoms with Crippen molar-refractivity contribution in [3.63, 3.8) is 0 Å². The molecular formula is C17H14N2O2. The Morgan fingerprint density at radius 1 is 1.19 bits per heavy atom. The molecule has 1 aliphatic rings. The van der Waals surface area contributed by atoms with Crippen LogP contribution in [0.5, 0.6) is 5.75 Å². The zero-order valence-corrected chi connectivity index (χ0v) is 11.6. The van der Waals surface area contributed by atoms with E-state index < -0.39 is 6.04 Å². The molecule has 0 spiro atoms. The van der Waals surface area contributed by atoms with E-state index in [4.69, 9.17) is 4.74 Å². The second-order valence-corrected chi connectivity index (χ2v) is 4.94. The van der Waals surface area contributed by atoms with E-state index in [1.54, 1.807) is 19.2 Å². The third-order valence-electron chi connectivity index (χ3n) is 3.63. The molecule has 2 aromatic rings. The van der Waals surface area contributed by atoms with Gasteiger partial charge >= 0.3 is 0 Å². The van der Waals surface area contributed by atoms with Crippen LogP contribution in [-0.4, -0.2) is 17.9 Å². The van der Waals surface area contributed by atoms with E-state index in [9.17, 15) is 10.1 Å². The van der Waals surface area contributed by atoms with Crippen molar-refractivity contribution in [1.82, 2.24) is 4.90 Å². The summed E-state index contributed by atoms with van der Waals surface area (Å²) in [5.74, 6) is 0.367. The van der Waals surface area contributed by atoms with Crippen LogP contribution in [0.25, 0.3) is 0 Å². The average Bonchev–Trinajstić information content (AvgIpc) is 2.78. The van der Waals surface area contributed by atoms with Gasteiger partial charge in [0.1, 0.15) is 18.4 Å². The number of carbonyl (C=O) groups excluding carboxylic acids is 1. The lowest BCUT2D eigenvalue weighted by Gasteiger charge is -2.12. The van der Waals surface area contributed by atoms with E-state index >= 15 is 0 Å². The Bertz CT molecular complexity index is 719. The Kier molecular flexibility index (Phi) is 3.33. The maximum atomic E-state index is 12.3. The third-order valence-corrected chi connectivity index (χ3v) is 3.63. The minimum atomic E-state index is -0.534. The molecule has 1 unspecified atom stereocenters. The second kappa shape index (κ2) is 5.29. The van der Waals surface area contributed by atoms with Crippen LogP contribution >= 0.6 is 0 Å². The molecule has 21 heavy (non-hydrogen) atoms. The lowest BCUT2D eigenvalue weighted by Crippen LogP contribution is -2.22. The van der Waals surface area contributed by atoms with E-state index in [0.717, 1.165) is 11.1 Å². The number of nitrogens with zero attached hydrogens (tertiary/aromatic N) is 2. The molecule has 1 atom stereocenters. The minimum absolute atomic E-state index is 0.166. The van der Waals surface area contributed by atoms with E-state index in [0.29, 0.717) is 17.9 Å². The highest BCUT2D eigenvalue weighted by molar-refractivity contribution is 6.02. The van der Waals surface area contributed by atoms with Crippen LogP contribution in [0.4, 0.5) is 0 Å². The first-order valence-corrected chi connectivity index (χ1v) is 6.69. The predicted octanol–water partition coefficient (Wildman–Crippen LogP) is 2.92. The molecule has 0 bridgehead atoms. The standard InChI is InChI=1S/C17H14N2O2/c1-19-14(10-18)13-8-5-9-15(16(13)17(19)20)21-11-12-6-3-2-4-7-12/h2-9,14H,11H2,1H3. The van der Waals surface area contributed by atoms with Crippen LogP contribution < -0.4 is 4.74 Å². The topological polar surface area (TPSA) is 53.3 Å². The molecule has 3 rings (SSSR count). The van der Waals surface area contributed by atoms with Crippen LogP contribution in [-0.2, 0) is 6.61 Å². The maximum absolute atomic E-state index is 12.3. The van der Waals surface area contributed by atoms with Gasteiger partial charge in [0.15, 0.2) is 0 Å². The van der Waals surface area contributed by atoms with Gasteiger partial charge in [0, 0.05) is 12.6 Å². The molecule has 0 saturated heterocycles. The number of ether oxygens (including phenoxy) is 1. The highest BCUT2D eigenvalue weighted by Crippen LogP contribution is 2.37. The van der Waals surface area contributed by atoms with Gasteiger partial charge in [-0.2, -0.15) is 5.26 Å². The lowest BCUT2D eigenvalue weighted by molar-refractivity contribution is 0.0796. The summed E-state index contributed by atoms with van der Waals surface area (Å²) >= 11 is 0. The maximum Gasteiger partial charge on any atom is 0.259 e. The van der Waals surface area contributed by atoms with Crippen molar-refractivity contribution in [3.8, 4) is 11.8 Å². The predicted molar refractivity (Wildman–Crippen MR) is 77.7 cm³/mol. The quantitative estimate of drug-likeness (QED) is 0.867. The zero-order chi connectivity index (χ0) is 14.8. The van der Waals surface area contributed by atoms with Crippen LogP contribution in [0, 0.1) is 11.3 Å². The summed E-state index contributed by atoms with van der Waals surface area (Å²) in [5, 5.41) is 9.22. The van der Waals surface area contributed by atoms with Gasteiger partial charge in [-0.3, -0.25) is 4.79 Å². The first-order valence-electron chi connectivity index (χ1n) is 6.69. The number of carbonyl (C=O) groups is 1. The summed E-state index contributed by atoms with van der Waals surface area (Å²) < 4.78 is 5.79. The fourth-order valence-electron chi connectivity index (χ4n) is 2.52. The number of hydrogen-bond acceptors (Lipinski definition) is 3. The Morgan fingerprint density at radius 3 is 2.67 bits per heavy atom. The number of benzene rings is 2. The van der Waals surface area contributed by atoms with Crippen molar-refractivity contribution >= 4 is 5.91 Å². The molecule has 0 fully saturated rings. The average molecular weight is 278 g/mol. The Balaban J connectivity index is 1.91. The van der Waals surface area contributed by atoms with Crippen molar-refractivity contribution < 1.29 is 9.53 Å². The summed E-state index contributed by atoms with van der Waals surface area (Å²) in [7, 11) is 1.64. The van der Waals surface area contributed by atoms with Crippen molar-refractivity contribution in [2.24, 2.45) is 0 Å². The van der Waals surface area contributed by atoms with Crippen LogP contribution in [0.3, 0.4) is 0 Å². The third kappa shape index (κ3) is 2.23. The first-order chi connectivity index (χ1) is 10.2. The summed E-state index contributed by atoms with van der Waals surface area (Å²) in [6.07, 6.45) is 0. The summed E-state index contributed by atoms with van der Waals surface area (Å²) in [4.78, 5) is 13.7. The van der Waals surface area contributed by atoms with E-state index in [2.05, 4.69) is 6.07 Å². The Labute approximate surface area is 123 Å². The van der Waals surface area contributed by atoms with Gasteiger partial charge in [-0.15, -0.1) is 0 Å². The lowest BCUT2D eigenvalue weighted by atomic mass is 10.0. The molecule has 1 amide bonds. The Morgan fingerprint density at radius 2 is 1.95 bits per heavy atom. The second-order valence-electron chi connectivity index (χ2n) is 4.94. The smallest absolute Gasteiger partial charge is 0.259 e. The molecular weight excluding hydrogens is 264 g/mol. The SMILES string of the molecule is CN1C(=O)c2c(OCc3ccccc3)cccc2C1C#N. The number of nitriles is 1. The van der Waals surface area contributed by atoms with E-state index in [1.807, 2.05) is 36.4 Å². The molecule has 1 heterocycles. The molecule has 4 nitrogen and oxygen atoms in total. The molecule has 0 aromatic heterocycles. The minimum Gasteiger partial charge on any atom is -0.488 e. The number of amides is 1.